The number of aromatic amines is 2. The standard InChI is InChI=1S/C28H28N4O/c1-33-24-9-12-32(13-10-24)18-19-2-4-20(5-3-19)23-15-25-26(17-31-28(25)30-16-23)21-6-7-27-22(14-21)8-11-29-27/h2-8,11,14-17,24,29H,9-10,12-13,18H2,1H3,(H,30,31). The predicted octanol–water partition coefficient (Wildman–Crippen LogP) is 5.99. The highest BCUT2D eigenvalue weighted by molar-refractivity contribution is 5.98. The normalized spacial score (nSPS) is 15.5. The van der Waals surface area contributed by atoms with Crippen LogP contribution in [0, 0.1) is 0 Å². The summed E-state index contributed by atoms with van der Waals surface area (Å²) in [6.45, 7) is 3.20. The number of hydrogen-bond acceptors (Lipinski definition) is 3. The minimum atomic E-state index is 0.425. The Morgan fingerprint density at radius 3 is 2.58 bits per heavy atom. The van der Waals surface area contributed by atoms with E-state index in [1.807, 2.05) is 19.5 Å². The minimum Gasteiger partial charge on any atom is -0.381 e. The fourth-order valence-corrected chi connectivity index (χ4v) is 4.98. The second kappa shape index (κ2) is 8.50. The maximum absolute atomic E-state index is 5.49. The Morgan fingerprint density at radius 2 is 1.76 bits per heavy atom. The van der Waals surface area contributed by atoms with Gasteiger partial charge in [-0.05, 0) is 59.2 Å². The van der Waals surface area contributed by atoms with Gasteiger partial charge in [0.1, 0.15) is 5.65 Å². The summed E-state index contributed by atoms with van der Waals surface area (Å²) in [5.74, 6) is 0. The molecule has 0 radical (unpaired) electrons. The summed E-state index contributed by atoms with van der Waals surface area (Å²) in [5.41, 5.74) is 8.13. The van der Waals surface area contributed by atoms with Gasteiger partial charge in [-0.25, -0.2) is 4.98 Å². The molecule has 0 saturated carbocycles. The zero-order chi connectivity index (χ0) is 22.2. The molecule has 4 heterocycles. The number of nitrogens with one attached hydrogen (secondary N) is 2. The SMILES string of the molecule is COC1CCN(Cc2ccc(-c3cnc4[nH]cc(-c5ccc6[nH]ccc6c5)c4c3)cc2)CC1. The van der Waals surface area contributed by atoms with Gasteiger partial charge >= 0.3 is 0 Å². The molecule has 0 atom stereocenters. The second-order valence-corrected chi connectivity index (χ2v) is 9.01. The summed E-state index contributed by atoms with van der Waals surface area (Å²) in [6, 6.07) is 19.8. The molecule has 1 aliphatic rings. The van der Waals surface area contributed by atoms with Crippen LogP contribution in [0.2, 0.25) is 0 Å². The third-order valence-corrected chi connectivity index (χ3v) is 6.96. The summed E-state index contributed by atoms with van der Waals surface area (Å²) >= 11 is 0. The molecule has 6 rings (SSSR count). The molecule has 1 saturated heterocycles. The number of pyridine rings is 1. The van der Waals surface area contributed by atoms with Crippen molar-refractivity contribution in [2.75, 3.05) is 20.2 Å². The zero-order valence-corrected chi connectivity index (χ0v) is 18.8. The van der Waals surface area contributed by atoms with Crippen molar-refractivity contribution in [1.29, 1.82) is 0 Å². The van der Waals surface area contributed by atoms with Crippen molar-refractivity contribution in [3.63, 3.8) is 0 Å². The van der Waals surface area contributed by atoms with E-state index in [-0.39, 0.29) is 0 Å². The van der Waals surface area contributed by atoms with E-state index < -0.39 is 0 Å². The van der Waals surface area contributed by atoms with Crippen LogP contribution in [0.5, 0.6) is 0 Å². The van der Waals surface area contributed by atoms with Gasteiger partial charge in [0.25, 0.3) is 0 Å². The molecule has 2 aromatic carbocycles. The van der Waals surface area contributed by atoms with Crippen LogP contribution in [-0.2, 0) is 11.3 Å². The lowest BCUT2D eigenvalue weighted by molar-refractivity contribution is 0.0389. The molecule has 0 bridgehead atoms. The monoisotopic (exact) mass is 436 g/mol. The molecule has 5 aromatic rings. The smallest absolute Gasteiger partial charge is 0.137 e. The quantitative estimate of drug-likeness (QED) is 0.356. The number of hydrogen-bond donors (Lipinski definition) is 2. The third-order valence-electron chi connectivity index (χ3n) is 6.96. The van der Waals surface area contributed by atoms with Crippen molar-refractivity contribution in [3.05, 3.63) is 78.8 Å². The van der Waals surface area contributed by atoms with Crippen molar-refractivity contribution >= 4 is 21.9 Å². The number of rotatable bonds is 5. The summed E-state index contributed by atoms with van der Waals surface area (Å²) in [7, 11) is 1.82. The Balaban J connectivity index is 1.25. The van der Waals surface area contributed by atoms with Gasteiger partial charge in [-0.3, -0.25) is 4.90 Å². The highest BCUT2D eigenvalue weighted by atomic mass is 16.5. The van der Waals surface area contributed by atoms with Gasteiger partial charge < -0.3 is 14.7 Å². The Morgan fingerprint density at radius 1 is 0.939 bits per heavy atom. The number of ether oxygens (including phenoxy) is 1. The summed E-state index contributed by atoms with van der Waals surface area (Å²) in [4.78, 5) is 13.8. The molecule has 0 amide bonds. The first-order chi connectivity index (χ1) is 16.3. The van der Waals surface area contributed by atoms with E-state index in [4.69, 9.17) is 9.72 Å². The Hall–Kier alpha value is -3.41. The zero-order valence-electron chi connectivity index (χ0n) is 18.8. The number of nitrogens with zero attached hydrogens (tertiary/aromatic N) is 2. The van der Waals surface area contributed by atoms with Gasteiger partial charge in [-0.15, -0.1) is 0 Å². The number of benzene rings is 2. The first kappa shape index (κ1) is 20.2. The fraction of sp³-hybridized carbons (Fsp3) is 0.250. The van der Waals surface area contributed by atoms with Crippen LogP contribution in [-0.4, -0.2) is 46.2 Å². The maximum Gasteiger partial charge on any atom is 0.137 e. The van der Waals surface area contributed by atoms with E-state index >= 15 is 0 Å². The number of likely N-dealkylation sites (tertiary alicyclic amines) is 1. The average molecular weight is 437 g/mol. The van der Waals surface area contributed by atoms with E-state index in [1.54, 1.807) is 0 Å². The summed E-state index contributed by atoms with van der Waals surface area (Å²) < 4.78 is 5.49. The lowest BCUT2D eigenvalue weighted by Gasteiger charge is -2.31. The van der Waals surface area contributed by atoms with Crippen LogP contribution >= 0.6 is 0 Å². The van der Waals surface area contributed by atoms with Crippen LogP contribution in [0.4, 0.5) is 0 Å². The van der Waals surface area contributed by atoms with Crippen LogP contribution in [0.3, 0.4) is 0 Å². The van der Waals surface area contributed by atoms with E-state index in [2.05, 4.69) is 75.7 Å². The molecule has 0 spiro atoms. The molecule has 33 heavy (non-hydrogen) atoms. The molecule has 1 fully saturated rings. The van der Waals surface area contributed by atoms with Crippen molar-refractivity contribution in [2.45, 2.75) is 25.5 Å². The summed E-state index contributed by atoms with van der Waals surface area (Å²) in [6.07, 6.45) is 8.67. The number of aromatic nitrogens is 3. The first-order valence-electron chi connectivity index (χ1n) is 11.7. The lowest BCUT2D eigenvalue weighted by atomic mass is 10.0. The van der Waals surface area contributed by atoms with Gasteiger partial charge in [-0.1, -0.05) is 30.3 Å². The van der Waals surface area contributed by atoms with Gasteiger partial charge in [-0.2, -0.15) is 0 Å². The highest BCUT2D eigenvalue weighted by Crippen LogP contribution is 2.32. The van der Waals surface area contributed by atoms with E-state index in [9.17, 15) is 0 Å². The van der Waals surface area contributed by atoms with E-state index in [1.165, 1.54) is 27.6 Å². The van der Waals surface area contributed by atoms with Crippen molar-refractivity contribution < 1.29 is 4.74 Å². The summed E-state index contributed by atoms with van der Waals surface area (Å²) in [5, 5.41) is 2.36. The van der Waals surface area contributed by atoms with Crippen molar-refractivity contribution in [2.24, 2.45) is 0 Å². The number of piperidine rings is 1. The van der Waals surface area contributed by atoms with Gasteiger partial charge in [0, 0.05) is 67.4 Å². The first-order valence-corrected chi connectivity index (χ1v) is 11.7. The maximum atomic E-state index is 5.49. The van der Waals surface area contributed by atoms with Crippen molar-refractivity contribution in [1.82, 2.24) is 19.9 Å². The molecule has 3 aromatic heterocycles. The fourth-order valence-electron chi connectivity index (χ4n) is 4.98. The van der Waals surface area contributed by atoms with Gasteiger partial charge in [0.2, 0.25) is 0 Å². The van der Waals surface area contributed by atoms with E-state index in [0.717, 1.165) is 54.6 Å². The van der Waals surface area contributed by atoms with Crippen LogP contribution in [0.25, 0.3) is 44.2 Å². The molecule has 0 aliphatic carbocycles. The number of H-pyrrole nitrogens is 2. The van der Waals surface area contributed by atoms with Crippen molar-refractivity contribution in [3.8, 4) is 22.3 Å². The highest BCUT2D eigenvalue weighted by Gasteiger charge is 2.18. The van der Waals surface area contributed by atoms with Gasteiger partial charge in [0.15, 0.2) is 0 Å². The Labute approximate surface area is 193 Å². The second-order valence-electron chi connectivity index (χ2n) is 9.01. The molecular formula is C28H28N4O. The predicted molar refractivity (Wildman–Crippen MR) is 134 cm³/mol. The number of methoxy groups -OCH3 is 1. The molecule has 5 heteroatoms. The Bertz CT molecular complexity index is 1390. The molecule has 166 valence electrons. The van der Waals surface area contributed by atoms with Crippen LogP contribution in [0.1, 0.15) is 18.4 Å². The lowest BCUT2D eigenvalue weighted by Crippen LogP contribution is -2.36. The Kier molecular flexibility index (Phi) is 5.21. The van der Waals surface area contributed by atoms with E-state index in [0.29, 0.717) is 6.10 Å². The molecule has 2 N–H and O–H groups in total. The molecule has 0 unspecified atom stereocenters. The molecule has 5 nitrogen and oxygen atoms in total. The molecule has 1 aliphatic heterocycles. The van der Waals surface area contributed by atoms with Crippen LogP contribution in [0.15, 0.2) is 73.2 Å². The minimum absolute atomic E-state index is 0.425. The number of fused-ring (bicyclic) bond motifs is 2. The molecular weight excluding hydrogens is 408 g/mol. The average Bonchev–Trinajstić information content (AvgIpc) is 3.51. The third kappa shape index (κ3) is 3.94. The largest absolute Gasteiger partial charge is 0.381 e. The topological polar surface area (TPSA) is 56.9 Å². The van der Waals surface area contributed by atoms with Gasteiger partial charge in [0.05, 0.1) is 6.10 Å². The van der Waals surface area contributed by atoms with Crippen LogP contribution < -0.4 is 0 Å².